The van der Waals surface area contributed by atoms with Gasteiger partial charge in [0.1, 0.15) is 0 Å². The first-order valence-corrected chi connectivity index (χ1v) is 6.21. The van der Waals surface area contributed by atoms with Gasteiger partial charge in [0.05, 0.1) is 6.61 Å². The summed E-state index contributed by atoms with van der Waals surface area (Å²) in [7, 11) is 0. The van der Waals surface area contributed by atoms with Gasteiger partial charge in [-0.1, -0.05) is 24.3 Å². The first kappa shape index (κ1) is 11.2. The molecule has 2 aromatic rings. The number of aromatic amines is 1. The van der Waals surface area contributed by atoms with Gasteiger partial charge in [-0.25, -0.2) is 0 Å². The minimum Gasteiger partial charge on any atom is -0.381 e. The Hall–Kier alpha value is -1.87. The summed E-state index contributed by atoms with van der Waals surface area (Å²) < 4.78 is 5.35. The second-order valence-electron chi connectivity index (χ2n) is 4.60. The molecule has 1 aromatic carbocycles. The molecule has 2 heterocycles. The van der Waals surface area contributed by atoms with Crippen LogP contribution < -0.4 is 5.56 Å². The average Bonchev–Trinajstić information content (AvgIpc) is 2.90. The highest BCUT2D eigenvalue weighted by Gasteiger charge is 2.11. The zero-order chi connectivity index (χ0) is 12.4. The molecule has 0 amide bonds. The number of benzene rings is 1. The second-order valence-corrected chi connectivity index (χ2v) is 4.60. The Balaban J connectivity index is 2.01. The van der Waals surface area contributed by atoms with Crippen LogP contribution in [0.1, 0.15) is 12.0 Å². The predicted octanol–water partition coefficient (Wildman–Crippen LogP) is 2.58. The molecular formula is C15H15NO2. The summed E-state index contributed by atoms with van der Waals surface area (Å²) in [5.41, 5.74) is 1.05. The SMILES string of the molecule is O=c1[nH]ccc2c(/C=C/C3CCOC3)cccc12. The monoisotopic (exact) mass is 241 g/mol. The Morgan fingerprint density at radius 1 is 1.28 bits per heavy atom. The number of hydrogen-bond acceptors (Lipinski definition) is 2. The minimum absolute atomic E-state index is 0.0352. The van der Waals surface area contributed by atoms with Gasteiger partial charge in [0.15, 0.2) is 0 Å². The van der Waals surface area contributed by atoms with Gasteiger partial charge in [0.2, 0.25) is 0 Å². The number of rotatable bonds is 2. The van der Waals surface area contributed by atoms with E-state index in [9.17, 15) is 4.79 Å². The summed E-state index contributed by atoms with van der Waals surface area (Å²) in [4.78, 5) is 14.4. The fourth-order valence-corrected chi connectivity index (χ4v) is 2.34. The summed E-state index contributed by atoms with van der Waals surface area (Å²) >= 11 is 0. The van der Waals surface area contributed by atoms with E-state index in [-0.39, 0.29) is 5.56 Å². The highest BCUT2D eigenvalue weighted by Crippen LogP contribution is 2.19. The van der Waals surface area contributed by atoms with Crippen molar-refractivity contribution in [2.75, 3.05) is 13.2 Å². The summed E-state index contributed by atoms with van der Waals surface area (Å²) in [6, 6.07) is 7.75. The van der Waals surface area contributed by atoms with Crippen LogP contribution in [-0.2, 0) is 4.74 Å². The molecule has 1 aliphatic rings. The third-order valence-electron chi connectivity index (χ3n) is 3.36. The molecule has 3 heteroatoms. The molecule has 0 radical (unpaired) electrons. The predicted molar refractivity (Wildman–Crippen MR) is 72.5 cm³/mol. The smallest absolute Gasteiger partial charge is 0.255 e. The lowest BCUT2D eigenvalue weighted by Gasteiger charge is -2.02. The van der Waals surface area contributed by atoms with Crippen LogP contribution in [-0.4, -0.2) is 18.2 Å². The molecule has 1 N–H and O–H groups in total. The van der Waals surface area contributed by atoms with Crippen LogP contribution in [0.4, 0.5) is 0 Å². The Labute approximate surface area is 105 Å². The Kier molecular flexibility index (Phi) is 2.99. The number of fused-ring (bicyclic) bond motifs is 1. The molecule has 18 heavy (non-hydrogen) atoms. The number of ether oxygens (including phenoxy) is 1. The molecule has 1 fully saturated rings. The van der Waals surface area contributed by atoms with E-state index in [0.717, 1.165) is 36.0 Å². The van der Waals surface area contributed by atoms with Crippen molar-refractivity contribution in [2.45, 2.75) is 6.42 Å². The maximum atomic E-state index is 11.7. The van der Waals surface area contributed by atoms with Gasteiger partial charge in [-0.05, 0) is 29.5 Å². The van der Waals surface area contributed by atoms with Crippen LogP contribution in [0.3, 0.4) is 0 Å². The van der Waals surface area contributed by atoms with Crippen LogP contribution >= 0.6 is 0 Å². The van der Waals surface area contributed by atoms with Crippen LogP contribution in [0.25, 0.3) is 16.8 Å². The van der Waals surface area contributed by atoms with E-state index in [1.54, 1.807) is 6.20 Å². The van der Waals surface area contributed by atoms with E-state index in [0.29, 0.717) is 5.92 Å². The van der Waals surface area contributed by atoms with Gasteiger partial charge < -0.3 is 9.72 Å². The van der Waals surface area contributed by atoms with E-state index >= 15 is 0 Å². The van der Waals surface area contributed by atoms with Gasteiger partial charge in [0, 0.05) is 24.1 Å². The van der Waals surface area contributed by atoms with Crippen molar-refractivity contribution < 1.29 is 4.74 Å². The van der Waals surface area contributed by atoms with Crippen LogP contribution in [0.2, 0.25) is 0 Å². The first-order valence-electron chi connectivity index (χ1n) is 6.21. The fourth-order valence-electron chi connectivity index (χ4n) is 2.34. The van der Waals surface area contributed by atoms with Gasteiger partial charge in [-0.2, -0.15) is 0 Å². The van der Waals surface area contributed by atoms with E-state index in [1.807, 2.05) is 24.3 Å². The summed E-state index contributed by atoms with van der Waals surface area (Å²) in [5, 5.41) is 1.73. The maximum absolute atomic E-state index is 11.7. The second kappa shape index (κ2) is 4.78. The third kappa shape index (κ3) is 2.09. The van der Waals surface area contributed by atoms with Crippen molar-refractivity contribution in [3.8, 4) is 0 Å². The van der Waals surface area contributed by atoms with Gasteiger partial charge in [-0.3, -0.25) is 4.79 Å². The summed E-state index contributed by atoms with van der Waals surface area (Å²) in [5.74, 6) is 0.502. The maximum Gasteiger partial charge on any atom is 0.255 e. The quantitative estimate of drug-likeness (QED) is 0.878. The minimum atomic E-state index is -0.0352. The molecule has 0 bridgehead atoms. The van der Waals surface area contributed by atoms with Gasteiger partial charge in [-0.15, -0.1) is 0 Å². The third-order valence-corrected chi connectivity index (χ3v) is 3.36. The number of nitrogens with one attached hydrogen (secondary N) is 1. The van der Waals surface area contributed by atoms with E-state index in [4.69, 9.17) is 4.74 Å². The highest BCUT2D eigenvalue weighted by molar-refractivity contribution is 5.89. The molecule has 0 spiro atoms. The zero-order valence-electron chi connectivity index (χ0n) is 10.1. The molecule has 3 rings (SSSR count). The van der Waals surface area contributed by atoms with Crippen molar-refractivity contribution in [3.63, 3.8) is 0 Å². The zero-order valence-corrected chi connectivity index (χ0v) is 10.1. The molecule has 1 atom stereocenters. The van der Waals surface area contributed by atoms with Crippen LogP contribution in [0, 0.1) is 5.92 Å². The number of H-pyrrole nitrogens is 1. The lowest BCUT2D eigenvalue weighted by molar-refractivity contribution is 0.191. The lowest BCUT2D eigenvalue weighted by atomic mass is 10.0. The van der Waals surface area contributed by atoms with E-state index in [1.165, 1.54) is 0 Å². The normalized spacial score (nSPS) is 19.9. The Morgan fingerprint density at radius 2 is 2.22 bits per heavy atom. The molecule has 1 saturated heterocycles. The van der Waals surface area contributed by atoms with Crippen molar-refractivity contribution in [1.82, 2.24) is 4.98 Å². The molecule has 0 aliphatic carbocycles. The van der Waals surface area contributed by atoms with Crippen LogP contribution in [0.5, 0.6) is 0 Å². The van der Waals surface area contributed by atoms with Crippen molar-refractivity contribution in [1.29, 1.82) is 0 Å². The number of pyridine rings is 1. The molecule has 1 aromatic heterocycles. The Bertz CT molecular complexity index is 636. The largest absolute Gasteiger partial charge is 0.381 e. The Morgan fingerprint density at radius 3 is 3.06 bits per heavy atom. The van der Waals surface area contributed by atoms with Crippen molar-refractivity contribution in [2.24, 2.45) is 5.92 Å². The summed E-state index contributed by atoms with van der Waals surface area (Å²) in [6.45, 7) is 1.66. The molecule has 3 nitrogen and oxygen atoms in total. The summed E-state index contributed by atoms with van der Waals surface area (Å²) in [6.07, 6.45) is 7.06. The molecular weight excluding hydrogens is 226 g/mol. The molecule has 0 saturated carbocycles. The molecule has 1 unspecified atom stereocenters. The van der Waals surface area contributed by atoms with E-state index in [2.05, 4.69) is 17.1 Å². The fraction of sp³-hybridized carbons (Fsp3) is 0.267. The van der Waals surface area contributed by atoms with Crippen LogP contribution in [0.15, 0.2) is 41.3 Å². The van der Waals surface area contributed by atoms with Crippen molar-refractivity contribution >= 4 is 16.8 Å². The average molecular weight is 241 g/mol. The molecule has 1 aliphatic heterocycles. The van der Waals surface area contributed by atoms with Gasteiger partial charge in [0.25, 0.3) is 5.56 Å². The number of aromatic nitrogens is 1. The highest BCUT2D eigenvalue weighted by atomic mass is 16.5. The van der Waals surface area contributed by atoms with Crippen molar-refractivity contribution in [3.05, 3.63) is 52.5 Å². The van der Waals surface area contributed by atoms with Gasteiger partial charge >= 0.3 is 0 Å². The number of hydrogen-bond donors (Lipinski definition) is 1. The lowest BCUT2D eigenvalue weighted by Crippen LogP contribution is -2.04. The topological polar surface area (TPSA) is 42.1 Å². The standard InChI is InChI=1S/C15H15NO2/c17-15-14-3-1-2-12(13(14)6-8-16-15)5-4-11-7-9-18-10-11/h1-6,8,11H,7,9-10H2,(H,16,17)/b5-4+. The van der Waals surface area contributed by atoms with E-state index < -0.39 is 0 Å². The molecule has 92 valence electrons. The first-order chi connectivity index (χ1) is 8.84.